The summed E-state index contributed by atoms with van der Waals surface area (Å²) >= 11 is 0. The van der Waals surface area contributed by atoms with Crippen molar-refractivity contribution in [3.63, 3.8) is 0 Å². The largest absolute Gasteiger partial charge is 0.369 e. The Bertz CT molecular complexity index is 124. The van der Waals surface area contributed by atoms with E-state index in [0.717, 1.165) is 0 Å². The summed E-state index contributed by atoms with van der Waals surface area (Å²) in [5.41, 5.74) is 0. The second-order valence-electron chi connectivity index (χ2n) is 2.25. The predicted octanol–water partition coefficient (Wildman–Crippen LogP) is -0.438. The van der Waals surface area contributed by atoms with E-state index < -0.39 is 0 Å². The van der Waals surface area contributed by atoms with Gasteiger partial charge < -0.3 is 10.1 Å². The Kier molecular flexibility index (Phi) is 1.83. The fourth-order valence-electron chi connectivity index (χ4n) is 1.06. The van der Waals surface area contributed by atoms with E-state index in [0.29, 0.717) is 0 Å². The maximum atomic E-state index is 10.8. The van der Waals surface area contributed by atoms with Crippen LogP contribution in [0.5, 0.6) is 0 Å². The van der Waals surface area contributed by atoms with Gasteiger partial charge in [0.05, 0.1) is 12.1 Å². The Morgan fingerprint density at radius 3 is 2.67 bits per heavy atom. The van der Waals surface area contributed by atoms with Gasteiger partial charge in [0.25, 0.3) is 0 Å². The first-order valence-corrected chi connectivity index (χ1v) is 3.07. The lowest BCUT2D eigenvalue weighted by Gasteiger charge is -2.09. The molecule has 3 nitrogen and oxygen atoms in total. The van der Waals surface area contributed by atoms with Gasteiger partial charge in [-0.1, -0.05) is 0 Å². The van der Waals surface area contributed by atoms with Crippen molar-refractivity contribution in [2.24, 2.45) is 0 Å². The van der Waals surface area contributed by atoms with Crippen molar-refractivity contribution in [1.82, 2.24) is 5.32 Å². The lowest BCUT2D eigenvalue weighted by Crippen LogP contribution is -2.37. The molecular formula is C6H11NO2. The zero-order valence-corrected chi connectivity index (χ0v) is 5.68. The van der Waals surface area contributed by atoms with Crippen LogP contribution < -0.4 is 5.32 Å². The molecule has 0 amide bonds. The van der Waals surface area contributed by atoms with Gasteiger partial charge in [0, 0.05) is 0 Å². The van der Waals surface area contributed by atoms with Crippen LogP contribution in [0, 0.1) is 0 Å². The Morgan fingerprint density at radius 2 is 2.44 bits per heavy atom. The summed E-state index contributed by atoms with van der Waals surface area (Å²) in [7, 11) is 1.77. The maximum absolute atomic E-state index is 10.8. The third kappa shape index (κ3) is 1.11. The number of rotatable bonds is 1. The fourth-order valence-corrected chi connectivity index (χ4v) is 1.06. The molecule has 52 valence electrons. The molecule has 0 aromatic carbocycles. The Balaban J connectivity index is 2.55. The molecule has 1 aliphatic heterocycles. The van der Waals surface area contributed by atoms with E-state index in [2.05, 4.69) is 5.32 Å². The molecular weight excluding hydrogens is 118 g/mol. The Hall–Kier alpha value is -0.410. The second kappa shape index (κ2) is 2.45. The summed E-state index contributed by atoms with van der Waals surface area (Å²) in [6.07, 6.45) is 0.0440. The third-order valence-electron chi connectivity index (χ3n) is 1.62. The number of ether oxygens (including phenoxy) is 1. The van der Waals surface area contributed by atoms with E-state index in [4.69, 9.17) is 4.74 Å². The molecule has 1 rings (SSSR count). The number of ketones is 1. The molecule has 1 fully saturated rings. The highest BCUT2D eigenvalue weighted by Crippen LogP contribution is 2.07. The third-order valence-corrected chi connectivity index (χ3v) is 1.62. The van der Waals surface area contributed by atoms with Crippen molar-refractivity contribution in [1.29, 1.82) is 0 Å². The van der Waals surface area contributed by atoms with E-state index in [1.807, 2.05) is 6.92 Å². The van der Waals surface area contributed by atoms with Gasteiger partial charge in [-0.2, -0.15) is 0 Å². The normalized spacial score (nSPS) is 35.6. The average Bonchev–Trinajstić information content (AvgIpc) is 2.12. The number of carbonyl (C=O) groups excluding carboxylic acids is 1. The van der Waals surface area contributed by atoms with Crippen LogP contribution >= 0.6 is 0 Å². The minimum absolute atomic E-state index is 0.0440. The summed E-state index contributed by atoms with van der Waals surface area (Å²) in [6, 6.07) is -0.0787. The van der Waals surface area contributed by atoms with Gasteiger partial charge in [-0.3, -0.25) is 4.79 Å². The first kappa shape index (κ1) is 6.71. The molecule has 0 aromatic heterocycles. The van der Waals surface area contributed by atoms with E-state index in [1.54, 1.807) is 7.05 Å². The van der Waals surface area contributed by atoms with Gasteiger partial charge >= 0.3 is 0 Å². The van der Waals surface area contributed by atoms with Gasteiger partial charge in [-0.15, -0.1) is 0 Å². The van der Waals surface area contributed by atoms with E-state index in [-0.39, 0.29) is 24.5 Å². The first-order chi connectivity index (χ1) is 4.25. The number of hydrogen-bond donors (Lipinski definition) is 1. The summed E-state index contributed by atoms with van der Waals surface area (Å²) < 4.78 is 5.06. The van der Waals surface area contributed by atoms with Crippen molar-refractivity contribution in [2.75, 3.05) is 13.7 Å². The lowest BCUT2D eigenvalue weighted by atomic mass is 10.1. The number of likely N-dealkylation sites (N-methyl/N-ethyl adjacent to an activating group) is 1. The van der Waals surface area contributed by atoms with Crippen LogP contribution in [0.3, 0.4) is 0 Å². The minimum Gasteiger partial charge on any atom is -0.369 e. The zero-order valence-electron chi connectivity index (χ0n) is 5.68. The number of Topliss-reactive ketones (excluding diaryl/α,β-unsaturated/α-hetero) is 1. The van der Waals surface area contributed by atoms with E-state index in [1.165, 1.54) is 0 Å². The molecule has 1 unspecified atom stereocenters. The maximum Gasteiger partial charge on any atom is 0.177 e. The summed E-state index contributed by atoms with van der Waals surface area (Å²) in [5.74, 6) is 0.157. The van der Waals surface area contributed by atoms with Crippen molar-refractivity contribution < 1.29 is 9.53 Å². The van der Waals surface area contributed by atoms with E-state index >= 15 is 0 Å². The predicted molar refractivity (Wildman–Crippen MR) is 33.3 cm³/mol. The van der Waals surface area contributed by atoms with Crippen LogP contribution in [0.2, 0.25) is 0 Å². The van der Waals surface area contributed by atoms with Crippen molar-refractivity contribution in [3.8, 4) is 0 Å². The molecule has 2 atom stereocenters. The molecule has 1 aliphatic rings. The number of carbonyl (C=O) groups is 1. The zero-order chi connectivity index (χ0) is 6.85. The molecule has 0 aliphatic carbocycles. The van der Waals surface area contributed by atoms with Crippen LogP contribution in [0.4, 0.5) is 0 Å². The molecule has 1 heterocycles. The quantitative estimate of drug-likeness (QED) is 0.521. The van der Waals surface area contributed by atoms with Crippen LogP contribution in [0.1, 0.15) is 6.92 Å². The summed E-state index contributed by atoms with van der Waals surface area (Å²) in [6.45, 7) is 2.17. The van der Waals surface area contributed by atoms with Gasteiger partial charge in [-0.25, -0.2) is 0 Å². The van der Waals surface area contributed by atoms with Crippen molar-refractivity contribution in [3.05, 3.63) is 0 Å². The molecule has 1 saturated heterocycles. The molecule has 0 radical (unpaired) electrons. The highest BCUT2D eigenvalue weighted by molar-refractivity contribution is 5.87. The van der Waals surface area contributed by atoms with Crippen molar-refractivity contribution in [2.45, 2.75) is 19.1 Å². The standard InChI is InChI=1S/C6H11NO2/c1-4-6(7-2)5(8)3-9-4/h4,6-7H,3H2,1-2H3/t4-,6?/m0/s1. The van der Waals surface area contributed by atoms with Crippen LogP contribution in [-0.4, -0.2) is 31.6 Å². The van der Waals surface area contributed by atoms with Crippen LogP contribution in [0.25, 0.3) is 0 Å². The number of nitrogens with one attached hydrogen (secondary N) is 1. The average molecular weight is 129 g/mol. The molecule has 3 heteroatoms. The SMILES string of the molecule is CNC1C(=O)CO[C@H]1C. The Labute approximate surface area is 54.4 Å². The monoisotopic (exact) mass is 129 g/mol. The van der Waals surface area contributed by atoms with Gasteiger partial charge in [0.15, 0.2) is 5.78 Å². The highest BCUT2D eigenvalue weighted by Gasteiger charge is 2.30. The van der Waals surface area contributed by atoms with Crippen LogP contribution in [0.15, 0.2) is 0 Å². The van der Waals surface area contributed by atoms with Gasteiger partial charge in [-0.05, 0) is 14.0 Å². The Morgan fingerprint density at radius 1 is 1.78 bits per heavy atom. The second-order valence-corrected chi connectivity index (χ2v) is 2.25. The smallest absolute Gasteiger partial charge is 0.177 e. The van der Waals surface area contributed by atoms with Gasteiger partial charge in [0.1, 0.15) is 6.61 Å². The molecule has 0 saturated carbocycles. The first-order valence-electron chi connectivity index (χ1n) is 3.07. The van der Waals surface area contributed by atoms with Crippen LogP contribution in [-0.2, 0) is 9.53 Å². The topological polar surface area (TPSA) is 38.3 Å². The highest BCUT2D eigenvalue weighted by atomic mass is 16.5. The molecule has 0 bridgehead atoms. The lowest BCUT2D eigenvalue weighted by molar-refractivity contribution is -0.119. The molecule has 9 heavy (non-hydrogen) atoms. The van der Waals surface area contributed by atoms with Crippen molar-refractivity contribution >= 4 is 5.78 Å². The fraction of sp³-hybridized carbons (Fsp3) is 0.833. The molecule has 1 N–H and O–H groups in total. The summed E-state index contributed by atoms with van der Waals surface area (Å²) in [5, 5.41) is 2.89. The molecule has 0 aromatic rings. The van der Waals surface area contributed by atoms with Gasteiger partial charge in [0.2, 0.25) is 0 Å². The number of hydrogen-bond acceptors (Lipinski definition) is 3. The minimum atomic E-state index is -0.0787. The van der Waals surface area contributed by atoms with E-state index in [9.17, 15) is 4.79 Å². The summed E-state index contributed by atoms with van der Waals surface area (Å²) in [4.78, 5) is 10.8. The molecule has 0 spiro atoms.